The van der Waals surface area contributed by atoms with Crippen LogP contribution in [0.2, 0.25) is 0 Å². The van der Waals surface area contributed by atoms with Crippen LogP contribution in [-0.4, -0.2) is 10.9 Å². The number of benzene rings is 1. The summed E-state index contributed by atoms with van der Waals surface area (Å²) in [5.41, 5.74) is 1.85. The standard InChI is InChI=1S/C11H13BrO2/c1-3-8-4-9(6-10(14)5-8)11(12)7(2)13/h4-6,11,14H,3H2,1-2H3. The first-order chi connectivity index (χ1) is 6.54. The van der Waals surface area contributed by atoms with Crippen LogP contribution in [0.5, 0.6) is 5.75 Å². The number of ketones is 1. The highest BCUT2D eigenvalue weighted by atomic mass is 79.9. The van der Waals surface area contributed by atoms with Crippen molar-refractivity contribution < 1.29 is 9.90 Å². The zero-order valence-electron chi connectivity index (χ0n) is 8.25. The molecule has 0 bridgehead atoms. The normalized spacial score (nSPS) is 12.5. The second-order valence-corrected chi connectivity index (χ2v) is 4.18. The number of halogens is 1. The summed E-state index contributed by atoms with van der Waals surface area (Å²) >= 11 is 3.29. The van der Waals surface area contributed by atoms with Gasteiger partial charge in [0.1, 0.15) is 11.5 Å². The van der Waals surface area contributed by atoms with Crippen molar-refractivity contribution in [3.05, 3.63) is 29.3 Å². The predicted octanol–water partition coefficient (Wildman–Crippen LogP) is 2.98. The fourth-order valence-electron chi connectivity index (χ4n) is 1.28. The van der Waals surface area contributed by atoms with Crippen LogP contribution >= 0.6 is 15.9 Å². The number of alkyl halides is 1. The summed E-state index contributed by atoms with van der Waals surface area (Å²) in [4.78, 5) is 10.8. The average Bonchev–Trinajstić information content (AvgIpc) is 2.15. The van der Waals surface area contributed by atoms with Gasteiger partial charge in [-0.1, -0.05) is 28.9 Å². The van der Waals surface area contributed by atoms with Gasteiger partial charge in [-0.3, -0.25) is 4.79 Å². The van der Waals surface area contributed by atoms with Crippen LogP contribution in [0.15, 0.2) is 18.2 Å². The van der Waals surface area contributed by atoms with Crippen LogP contribution in [-0.2, 0) is 11.2 Å². The van der Waals surface area contributed by atoms with Crippen LogP contribution in [0, 0.1) is 0 Å². The third-order valence-corrected chi connectivity index (χ3v) is 3.23. The molecule has 76 valence electrons. The maximum atomic E-state index is 11.1. The highest BCUT2D eigenvalue weighted by molar-refractivity contribution is 9.09. The van der Waals surface area contributed by atoms with Gasteiger partial charge < -0.3 is 5.11 Å². The number of carbonyl (C=O) groups is 1. The third kappa shape index (κ3) is 2.58. The molecule has 0 aromatic heterocycles. The Hall–Kier alpha value is -0.830. The summed E-state index contributed by atoms with van der Waals surface area (Å²) in [5, 5.41) is 9.42. The summed E-state index contributed by atoms with van der Waals surface area (Å²) in [6.07, 6.45) is 0.846. The van der Waals surface area contributed by atoms with Crippen molar-refractivity contribution in [1.29, 1.82) is 0 Å². The molecular formula is C11H13BrO2. The maximum Gasteiger partial charge on any atom is 0.147 e. The molecule has 1 rings (SSSR count). The van der Waals surface area contributed by atoms with E-state index >= 15 is 0 Å². The second kappa shape index (κ2) is 4.60. The SMILES string of the molecule is CCc1cc(O)cc(C(Br)C(C)=O)c1. The third-order valence-electron chi connectivity index (χ3n) is 2.06. The van der Waals surface area contributed by atoms with E-state index in [1.807, 2.05) is 13.0 Å². The summed E-state index contributed by atoms with van der Waals surface area (Å²) < 4.78 is 0. The lowest BCUT2D eigenvalue weighted by molar-refractivity contribution is -0.116. The first kappa shape index (κ1) is 11.2. The number of phenols is 1. The molecule has 1 atom stereocenters. The number of phenolic OH excluding ortho intramolecular Hbond substituents is 1. The fraction of sp³-hybridized carbons (Fsp3) is 0.364. The number of carbonyl (C=O) groups excluding carboxylic acids is 1. The second-order valence-electron chi connectivity index (χ2n) is 3.26. The summed E-state index contributed by atoms with van der Waals surface area (Å²) in [5.74, 6) is 0.253. The zero-order chi connectivity index (χ0) is 10.7. The Morgan fingerprint density at radius 3 is 2.64 bits per heavy atom. The van der Waals surface area contributed by atoms with Crippen LogP contribution in [0.25, 0.3) is 0 Å². The van der Waals surface area contributed by atoms with Crippen molar-refractivity contribution in [3.8, 4) is 5.75 Å². The fourth-order valence-corrected chi connectivity index (χ4v) is 1.55. The molecule has 0 fully saturated rings. The van der Waals surface area contributed by atoms with E-state index in [0.717, 1.165) is 17.5 Å². The molecule has 0 saturated heterocycles. The van der Waals surface area contributed by atoms with Gasteiger partial charge >= 0.3 is 0 Å². The van der Waals surface area contributed by atoms with E-state index in [1.165, 1.54) is 6.92 Å². The molecule has 3 heteroatoms. The molecule has 1 aromatic rings. The topological polar surface area (TPSA) is 37.3 Å². The summed E-state index contributed by atoms with van der Waals surface area (Å²) in [6.45, 7) is 3.53. The highest BCUT2D eigenvalue weighted by Crippen LogP contribution is 2.28. The molecule has 2 nitrogen and oxygen atoms in total. The Morgan fingerprint density at radius 2 is 2.14 bits per heavy atom. The number of hydrogen-bond acceptors (Lipinski definition) is 2. The van der Waals surface area contributed by atoms with Crippen molar-refractivity contribution in [2.75, 3.05) is 0 Å². The maximum absolute atomic E-state index is 11.1. The molecule has 1 N–H and O–H groups in total. The Morgan fingerprint density at radius 1 is 1.50 bits per heavy atom. The van der Waals surface area contributed by atoms with Crippen LogP contribution < -0.4 is 0 Å². The van der Waals surface area contributed by atoms with Crippen molar-refractivity contribution in [1.82, 2.24) is 0 Å². The van der Waals surface area contributed by atoms with Gasteiger partial charge in [-0.25, -0.2) is 0 Å². The number of rotatable bonds is 3. The Bertz CT molecular complexity index is 347. The van der Waals surface area contributed by atoms with Gasteiger partial charge in [-0.15, -0.1) is 0 Å². The van der Waals surface area contributed by atoms with E-state index in [1.54, 1.807) is 12.1 Å². The molecule has 0 saturated carbocycles. The van der Waals surface area contributed by atoms with Crippen molar-refractivity contribution in [3.63, 3.8) is 0 Å². The molecule has 0 amide bonds. The lowest BCUT2D eigenvalue weighted by Crippen LogP contribution is -2.01. The smallest absolute Gasteiger partial charge is 0.147 e. The molecular weight excluding hydrogens is 244 g/mol. The molecule has 0 aliphatic carbocycles. The minimum absolute atomic E-state index is 0.0395. The molecule has 1 unspecified atom stereocenters. The van der Waals surface area contributed by atoms with Gasteiger partial charge in [0.25, 0.3) is 0 Å². The first-order valence-electron chi connectivity index (χ1n) is 4.52. The summed E-state index contributed by atoms with van der Waals surface area (Å²) in [6, 6.07) is 5.25. The first-order valence-corrected chi connectivity index (χ1v) is 5.43. The number of aromatic hydroxyl groups is 1. The van der Waals surface area contributed by atoms with E-state index in [0.29, 0.717) is 0 Å². The molecule has 0 heterocycles. The molecule has 0 aliphatic heterocycles. The Balaban J connectivity index is 3.08. The van der Waals surface area contributed by atoms with Gasteiger partial charge in [-0.05, 0) is 36.6 Å². The van der Waals surface area contributed by atoms with E-state index in [-0.39, 0.29) is 16.4 Å². The minimum atomic E-state index is -0.320. The largest absolute Gasteiger partial charge is 0.508 e. The Labute approximate surface area is 92.1 Å². The monoisotopic (exact) mass is 256 g/mol. The molecule has 0 aliphatic rings. The highest BCUT2D eigenvalue weighted by Gasteiger charge is 2.13. The average molecular weight is 257 g/mol. The quantitative estimate of drug-likeness (QED) is 0.845. The summed E-state index contributed by atoms with van der Waals surface area (Å²) in [7, 11) is 0. The lowest BCUT2D eigenvalue weighted by Gasteiger charge is -2.08. The van der Waals surface area contributed by atoms with Gasteiger partial charge in [-0.2, -0.15) is 0 Å². The molecule has 0 radical (unpaired) electrons. The van der Waals surface area contributed by atoms with Gasteiger partial charge in [0.05, 0.1) is 4.83 Å². The van der Waals surface area contributed by atoms with Crippen molar-refractivity contribution in [2.45, 2.75) is 25.1 Å². The molecule has 0 spiro atoms. The minimum Gasteiger partial charge on any atom is -0.508 e. The number of Topliss-reactive ketones (excluding diaryl/α,β-unsaturated/α-hetero) is 1. The molecule has 1 aromatic carbocycles. The van der Waals surface area contributed by atoms with Crippen LogP contribution in [0.1, 0.15) is 29.8 Å². The Kier molecular flexibility index (Phi) is 3.69. The van der Waals surface area contributed by atoms with Gasteiger partial charge in [0, 0.05) is 0 Å². The van der Waals surface area contributed by atoms with Gasteiger partial charge in [0.15, 0.2) is 0 Å². The van der Waals surface area contributed by atoms with E-state index in [4.69, 9.17) is 0 Å². The van der Waals surface area contributed by atoms with E-state index in [9.17, 15) is 9.90 Å². The van der Waals surface area contributed by atoms with Crippen molar-refractivity contribution in [2.24, 2.45) is 0 Å². The number of hydrogen-bond donors (Lipinski definition) is 1. The van der Waals surface area contributed by atoms with Crippen LogP contribution in [0.3, 0.4) is 0 Å². The zero-order valence-corrected chi connectivity index (χ0v) is 9.84. The van der Waals surface area contributed by atoms with Crippen LogP contribution in [0.4, 0.5) is 0 Å². The van der Waals surface area contributed by atoms with E-state index < -0.39 is 0 Å². The van der Waals surface area contributed by atoms with Gasteiger partial charge in [0.2, 0.25) is 0 Å². The van der Waals surface area contributed by atoms with Crippen molar-refractivity contribution >= 4 is 21.7 Å². The number of aryl methyl sites for hydroxylation is 1. The predicted molar refractivity (Wildman–Crippen MR) is 59.8 cm³/mol. The lowest BCUT2D eigenvalue weighted by atomic mass is 10.0. The molecule has 14 heavy (non-hydrogen) atoms. The van der Waals surface area contributed by atoms with E-state index in [2.05, 4.69) is 15.9 Å².